The Labute approximate surface area is 121 Å². The number of nitrogens with one attached hydrogen (secondary N) is 1. The fourth-order valence-electron chi connectivity index (χ4n) is 1.74. The van der Waals surface area contributed by atoms with Crippen LogP contribution >= 0.6 is 0 Å². The average Bonchev–Trinajstić information content (AvgIpc) is 2.45. The van der Waals surface area contributed by atoms with Crippen molar-refractivity contribution in [2.24, 2.45) is 5.73 Å². The lowest BCUT2D eigenvalue weighted by Gasteiger charge is -2.09. The van der Waals surface area contributed by atoms with Crippen LogP contribution in [0.5, 0.6) is 11.5 Å². The van der Waals surface area contributed by atoms with Gasteiger partial charge in [-0.05, 0) is 24.3 Å². The second kappa shape index (κ2) is 6.71. The van der Waals surface area contributed by atoms with E-state index in [4.69, 9.17) is 10.5 Å². The Bertz CT molecular complexity index is 647. The van der Waals surface area contributed by atoms with Crippen molar-refractivity contribution in [3.05, 3.63) is 53.8 Å². The van der Waals surface area contributed by atoms with E-state index in [9.17, 15) is 14.3 Å². The largest absolute Gasteiger partial charge is 0.507 e. The summed E-state index contributed by atoms with van der Waals surface area (Å²) in [5, 5.41) is 12.2. The fraction of sp³-hybridized carbons (Fsp3) is 0.133. The van der Waals surface area contributed by atoms with Gasteiger partial charge in [-0.2, -0.15) is 0 Å². The number of hydrogen-bond acceptors (Lipinski definition) is 4. The zero-order valence-corrected chi connectivity index (χ0v) is 11.2. The third kappa shape index (κ3) is 3.93. The molecule has 0 aromatic heterocycles. The molecule has 21 heavy (non-hydrogen) atoms. The molecule has 0 bridgehead atoms. The van der Waals surface area contributed by atoms with Gasteiger partial charge < -0.3 is 20.9 Å². The minimum Gasteiger partial charge on any atom is -0.507 e. The van der Waals surface area contributed by atoms with Gasteiger partial charge in [0, 0.05) is 24.4 Å². The highest BCUT2D eigenvalue weighted by molar-refractivity contribution is 6.06. The van der Waals surface area contributed by atoms with Crippen LogP contribution in [-0.4, -0.2) is 24.2 Å². The molecule has 0 unspecified atom stereocenters. The number of carbonyl (C=O) groups is 1. The monoisotopic (exact) mass is 290 g/mol. The number of amides is 1. The zero-order chi connectivity index (χ0) is 15.2. The van der Waals surface area contributed by atoms with E-state index in [1.54, 1.807) is 24.3 Å². The van der Waals surface area contributed by atoms with Crippen LogP contribution in [0, 0.1) is 5.82 Å². The highest BCUT2D eigenvalue weighted by atomic mass is 19.1. The Morgan fingerprint density at radius 1 is 1.29 bits per heavy atom. The van der Waals surface area contributed by atoms with E-state index >= 15 is 0 Å². The standard InChI is InChI=1S/C15H15FN2O3/c16-10-4-5-13(14(19)8-10)15(20)18-11-2-1-3-12(9-11)21-7-6-17/h1-5,8-9,19H,6-7,17H2,(H,18,20). The summed E-state index contributed by atoms with van der Waals surface area (Å²) in [7, 11) is 0. The fourth-order valence-corrected chi connectivity index (χ4v) is 1.74. The van der Waals surface area contributed by atoms with Crippen LogP contribution < -0.4 is 15.8 Å². The van der Waals surface area contributed by atoms with Crippen molar-refractivity contribution in [1.29, 1.82) is 0 Å². The molecule has 4 N–H and O–H groups in total. The van der Waals surface area contributed by atoms with Crippen molar-refractivity contribution in [3.8, 4) is 11.5 Å². The maximum absolute atomic E-state index is 12.9. The third-order valence-corrected chi connectivity index (χ3v) is 2.68. The maximum Gasteiger partial charge on any atom is 0.259 e. The normalized spacial score (nSPS) is 10.2. The number of benzene rings is 2. The maximum atomic E-state index is 12.9. The molecule has 0 saturated heterocycles. The molecule has 0 spiro atoms. The topological polar surface area (TPSA) is 84.6 Å². The summed E-state index contributed by atoms with van der Waals surface area (Å²) in [6, 6.07) is 9.97. The van der Waals surface area contributed by atoms with Gasteiger partial charge in [0.25, 0.3) is 5.91 Å². The van der Waals surface area contributed by atoms with E-state index in [2.05, 4.69) is 5.32 Å². The van der Waals surface area contributed by atoms with E-state index in [0.29, 0.717) is 24.6 Å². The Balaban J connectivity index is 2.12. The summed E-state index contributed by atoms with van der Waals surface area (Å²) >= 11 is 0. The van der Waals surface area contributed by atoms with Gasteiger partial charge in [0.05, 0.1) is 5.56 Å². The van der Waals surface area contributed by atoms with Crippen molar-refractivity contribution in [2.45, 2.75) is 0 Å². The van der Waals surface area contributed by atoms with Crippen molar-refractivity contribution in [2.75, 3.05) is 18.5 Å². The van der Waals surface area contributed by atoms with Crippen LogP contribution in [0.25, 0.3) is 0 Å². The summed E-state index contributed by atoms with van der Waals surface area (Å²) < 4.78 is 18.2. The predicted octanol–water partition coefficient (Wildman–Crippen LogP) is 2.12. The summed E-state index contributed by atoms with van der Waals surface area (Å²) in [4.78, 5) is 12.0. The van der Waals surface area contributed by atoms with Crippen molar-refractivity contribution in [3.63, 3.8) is 0 Å². The summed E-state index contributed by atoms with van der Waals surface area (Å²) in [6.45, 7) is 0.760. The molecule has 0 fully saturated rings. The minimum atomic E-state index is -0.610. The van der Waals surface area contributed by atoms with Gasteiger partial charge >= 0.3 is 0 Å². The molecule has 2 rings (SSSR count). The lowest BCUT2D eigenvalue weighted by molar-refractivity contribution is 0.102. The molecule has 0 radical (unpaired) electrons. The molecule has 0 atom stereocenters. The number of carbonyl (C=O) groups excluding carboxylic acids is 1. The molecule has 6 heteroatoms. The Morgan fingerprint density at radius 2 is 2.10 bits per heavy atom. The van der Waals surface area contributed by atoms with Crippen LogP contribution in [0.15, 0.2) is 42.5 Å². The first-order chi connectivity index (χ1) is 10.1. The highest BCUT2D eigenvalue weighted by Gasteiger charge is 2.12. The molecule has 0 aliphatic heterocycles. The van der Waals surface area contributed by atoms with Crippen molar-refractivity contribution < 1.29 is 19.0 Å². The first kappa shape index (κ1) is 14.8. The first-order valence-corrected chi connectivity index (χ1v) is 6.33. The first-order valence-electron chi connectivity index (χ1n) is 6.33. The number of nitrogens with two attached hydrogens (primary N) is 1. The van der Waals surface area contributed by atoms with Crippen LogP contribution in [0.4, 0.5) is 10.1 Å². The molecular weight excluding hydrogens is 275 g/mol. The zero-order valence-electron chi connectivity index (χ0n) is 11.2. The Hall–Kier alpha value is -2.60. The second-order valence-corrected chi connectivity index (χ2v) is 4.28. The smallest absolute Gasteiger partial charge is 0.259 e. The van der Waals surface area contributed by atoms with Gasteiger partial charge in [-0.1, -0.05) is 6.07 Å². The van der Waals surface area contributed by atoms with Crippen LogP contribution in [0.3, 0.4) is 0 Å². The predicted molar refractivity (Wildman–Crippen MR) is 77.0 cm³/mol. The van der Waals surface area contributed by atoms with Gasteiger partial charge in [-0.3, -0.25) is 4.79 Å². The second-order valence-electron chi connectivity index (χ2n) is 4.28. The number of anilines is 1. The molecule has 0 aliphatic carbocycles. The molecule has 0 heterocycles. The van der Waals surface area contributed by atoms with E-state index in [0.717, 1.165) is 12.1 Å². The number of rotatable bonds is 5. The van der Waals surface area contributed by atoms with Gasteiger partial charge in [0.2, 0.25) is 0 Å². The summed E-state index contributed by atoms with van der Waals surface area (Å²) in [5.41, 5.74) is 5.84. The average molecular weight is 290 g/mol. The lowest BCUT2D eigenvalue weighted by Crippen LogP contribution is -2.13. The Morgan fingerprint density at radius 3 is 2.81 bits per heavy atom. The van der Waals surface area contributed by atoms with Gasteiger partial charge in [0.15, 0.2) is 0 Å². The highest BCUT2D eigenvalue weighted by Crippen LogP contribution is 2.21. The van der Waals surface area contributed by atoms with E-state index in [1.807, 2.05) is 0 Å². The molecule has 5 nitrogen and oxygen atoms in total. The number of halogens is 1. The third-order valence-electron chi connectivity index (χ3n) is 2.68. The quantitative estimate of drug-likeness (QED) is 0.787. The van der Waals surface area contributed by atoms with Crippen LogP contribution in [-0.2, 0) is 0 Å². The van der Waals surface area contributed by atoms with Crippen molar-refractivity contribution >= 4 is 11.6 Å². The molecule has 1 amide bonds. The minimum absolute atomic E-state index is 0.00956. The van der Waals surface area contributed by atoms with E-state index in [-0.39, 0.29) is 5.56 Å². The molecule has 2 aromatic carbocycles. The molecule has 2 aromatic rings. The van der Waals surface area contributed by atoms with Gasteiger partial charge in [-0.15, -0.1) is 0 Å². The number of phenols is 1. The van der Waals surface area contributed by atoms with Crippen molar-refractivity contribution in [1.82, 2.24) is 0 Å². The number of phenolic OH excluding ortho intramolecular Hbond substituents is 1. The Kier molecular flexibility index (Phi) is 4.73. The summed E-state index contributed by atoms with van der Waals surface area (Å²) in [5.74, 6) is -0.991. The molecule has 0 saturated carbocycles. The van der Waals surface area contributed by atoms with Gasteiger partial charge in [0.1, 0.15) is 23.9 Å². The molecular formula is C15H15FN2O3. The number of ether oxygens (including phenoxy) is 1. The van der Waals surface area contributed by atoms with Crippen LogP contribution in [0.1, 0.15) is 10.4 Å². The number of aromatic hydroxyl groups is 1. The van der Waals surface area contributed by atoms with Crippen LogP contribution in [0.2, 0.25) is 0 Å². The SMILES string of the molecule is NCCOc1cccc(NC(=O)c2ccc(F)cc2O)c1. The summed E-state index contributed by atoms with van der Waals surface area (Å²) in [6.07, 6.45) is 0. The van der Waals surface area contributed by atoms with E-state index in [1.165, 1.54) is 6.07 Å². The molecule has 110 valence electrons. The molecule has 0 aliphatic rings. The lowest BCUT2D eigenvalue weighted by atomic mass is 10.1. The number of hydrogen-bond donors (Lipinski definition) is 3. The van der Waals surface area contributed by atoms with E-state index < -0.39 is 17.5 Å². The van der Waals surface area contributed by atoms with Gasteiger partial charge in [-0.25, -0.2) is 4.39 Å².